The van der Waals surface area contributed by atoms with Crippen molar-refractivity contribution in [2.24, 2.45) is 5.11 Å². The first-order valence-electron chi connectivity index (χ1n) is 7.44. The second-order valence-electron chi connectivity index (χ2n) is 5.82. The minimum atomic E-state index is -4.06. The summed E-state index contributed by atoms with van der Waals surface area (Å²) in [4.78, 5) is 25.3. The number of carbonyl (C=O) groups excluding carboxylic acids is 2. The zero-order valence-electron chi connectivity index (χ0n) is 15.3. The van der Waals surface area contributed by atoms with Crippen LogP contribution in [0.3, 0.4) is 0 Å². The van der Waals surface area contributed by atoms with Crippen molar-refractivity contribution in [2.75, 3.05) is 25.7 Å². The first-order chi connectivity index (χ1) is 12.7. The molecule has 0 aromatic rings. The van der Waals surface area contributed by atoms with Gasteiger partial charge in [-0.1, -0.05) is 5.11 Å². The van der Waals surface area contributed by atoms with Crippen LogP contribution in [0.25, 0.3) is 10.4 Å². The van der Waals surface area contributed by atoms with Gasteiger partial charge >= 0.3 is 11.9 Å². The molecule has 28 heavy (non-hydrogen) atoms. The molecular formula is C12H19N3O11S2. The maximum Gasteiger partial charge on any atom is 0.305 e. The molecule has 0 spiro atoms. The molecular weight excluding hydrogens is 426 g/mol. The van der Waals surface area contributed by atoms with Crippen LogP contribution in [0.4, 0.5) is 0 Å². The van der Waals surface area contributed by atoms with Crippen molar-refractivity contribution in [3.63, 3.8) is 0 Å². The van der Waals surface area contributed by atoms with Crippen LogP contribution in [0.5, 0.6) is 0 Å². The van der Waals surface area contributed by atoms with Gasteiger partial charge in [0.1, 0.15) is 11.6 Å². The lowest BCUT2D eigenvalue weighted by Gasteiger charge is -2.30. The van der Waals surface area contributed by atoms with Crippen LogP contribution >= 0.6 is 0 Å². The van der Waals surface area contributed by atoms with E-state index in [9.17, 15) is 26.4 Å². The fourth-order valence-electron chi connectivity index (χ4n) is 2.30. The first kappa shape index (κ1) is 24.1. The molecule has 14 nitrogen and oxygen atoms in total. The Hall–Kier alpha value is -1.97. The lowest BCUT2D eigenvalue weighted by Crippen LogP contribution is -2.51. The molecule has 1 aliphatic rings. The highest BCUT2D eigenvalue weighted by atomic mass is 32.2. The summed E-state index contributed by atoms with van der Waals surface area (Å²) in [5.41, 5.74) is 6.79. The van der Waals surface area contributed by atoms with Crippen molar-refractivity contribution in [2.45, 2.75) is 37.9 Å². The SMILES string of the molecule is CC(=O)OC1OC(COS(C)(=O)=O)(COS(C)(=O)=O)[C@@H](N=[N+]=[N-])[C@H]1OC(C)=O. The molecule has 0 aromatic carbocycles. The van der Waals surface area contributed by atoms with Gasteiger partial charge in [-0.2, -0.15) is 16.8 Å². The van der Waals surface area contributed by atoms with Gasteiger partial charge < -0.3 is 14.2 Å². The topological polar surface area (TPSA) is 197 Å². The van der Waals surface area contributed by atoms with E-state index in [4.69, 9.17) is 19.7 Å². The minimum absolute atomic E-state index is 0.711. The van der Waals surface area contributed by atoms with Gasteiger partial charge in [0, 0.05) is 18.8 Å². The van der Waals surface area contributed by atoms with Gasteiger partial charge in [0.05, 0.1) is 25.7 Å². The predicted molar refractivity (Wildman–Crippen MR) is 89.4 cm³/mol. The van der Waals surface area contributed by atoms with Crippen molar-refractivity contribution in [3.8, 4) is 0 Å². The zero-order chi connectivity index (χ0) is 21.8. The molecule has 0 aromatic heterocycles. The monoisotopic (exact) mass is 445 g/mol. The molecule has 3 atom stereocenters. The summed E-state index contributed by atoms with van der Waals surface area (Å²) >= 11 is 0. The van der Waals surface area contributed by atoms with E-state index in [1.165, 1.54) is 0 Å². The van der Waals surface area contributed by atoms with Crippen molar-refractivity contribution >= 4 is 32.2 Å². The summed E-state index contributed by atoms with van der Waals surface area (Å²) in [5.74, 6) is -1.74. The molecule has 16 heteroatoms. The minimum Gasteiger partial charge on any atom is -0.455 e. The van der Waals surface area contributed by atoms with Gasteiger partial charge in [-0.15, -0.1) is 0 Å². The number of hydrogen-bond donors (Lipinski definition) is 0. The summed E-state index contributed by atoms with van der Waals surface area (Å²) in [6, 6.07) is -1.56. The Morgan fingerprint density at radius 1 is 1.04 bits per heavy atom. The van der Waals surface area contributed by atoms with E-state index in [-0.39, 0.29) is 0 Å². The zero-order valence-corrected chi connectivity index (χ0v) is 16.9. The second kappa shape index (κ2) is 9.02. The number of ether oxygens (including phenoxy) is 3. The summed E-state index contributed by atoms with van der Waals surface area (Å²) in [6.45, 7) is 0.246. The Labute approximate surface area is 160 Å². The third-order valence-electron chi connectivity index (χ3n) is 3.26. The molecule has 1 saturated heterocycles. The van der Waals surface area contributed by atoms with Gasteiger partial charge in [-0.3, -0.25) is 18.0 Å². The Morgan fingerprint density at radius 3 is 1.86 bits per heavy atom. The number of rotatable bonds is 9. The van der Waals surface area contributed by atoms with E-state index in [0.717, 1.165) is 13.8 Å². The third kappa shape index (κ3) is 7.21. The smallest absolute Gasteiger partial charge is 0.305 e. The van der Waals surface area contributed by atoms with Crippen LogP contribution in [0.2, 0.25) is 0 Å². The largest absolute Gasteiger partial charge is 0.455 e. The quantitative estimate of drug-likeness (QED) is 0.142. The average Bonchev–Trinajstić information content (AvgIpc) is 2.76. The van der Waals surface area contributed by atoms with Crippen molar-refractivity contribution in [3.05, 3.63) is 10.4 Å². The van der Waals surface area contributed by atoms with E-state index in [1.807, 2.05) is 0 Å². The lowest BCUT2D eigenvalue weighted by atomic mass is 9.95. The molecule has 0 bridgehead atoms. The fraction of sp³-hybridized carbons (Fsp3) is 0.833. The first-order valence-corrected chi connectivity index (χ1v) is 11.1. The highest BCUT2D eigenvalue weighted by molar-refractivity contribution is 7.86. The highest BCUT2D eigenvalue weighted by Gasteiger charge is 2.59. The molecule has 0 radical (unpaired) electrons. The number of hydrogen-bond acceptors (Lipinski definition) is 12. The summed E-state index contributed by atoms with van der Waals surface area (Å²) in [5, 5.41) is 3.41. The maximum absolute atomic E-state index is 11.4. The van der Waals surface area contributed by atoms with Gasteiger partial charge in [-0.25, -0.2) is 0 Å². The van der Waals surface area contributed by atoms with E-state index in [2.05, 4.69) is 18.4 Å². The summed E-state index contributed by atoms with van der Waals surface area (Å²) < 4.78 is 70.3. The molecule has 0 saturated carbocycles. The Balaban J connectivity index is 3.45. The maximum atomic E-state index is 11.4. The summed E-state index contributed by atoms with van der Waals surface area (Å²) in [7, 11) is -8.12. The van der Waals surface area contributed by atoms with Gasteiger partial charge in [0.2, 0.25) is 6.29 Å². The summed E-state index contributed by atoms with van der Waals surface area (Å²) in [6.07, 6.45) is -1.75. The van der Waals surface area contributed by atoms with E-state index >= 15 is 0 Å². The van der Waals surface area contributed by atoms with Crippen LogP contribution in [0.1, 0.15) is 13.8 Å². The Morgan fingerprint density at radius 2 is 1.50 bits per heavy atom. The third-order valence-corrected chi connectivity index (χ3v) is 4.36. The van der Waals surface area contributed by atoms with Gasteiger partial charge in [0.15, 0.2) is 6.10 Å². The molecule has 0 amide bonds. The Kier molecular flexibility index (Phi) is 7.75. The van der Waals surface area contributed by atoms with Crippen LogP contribution in [0, 0.1) is 0 Å². The van der Waals surface area contributed by atoms with E-state index in [0.29, 0.717) is 12.5 Å². The van der Waals surface area contributed by atoms with Crippen LogP contribution in [-0.4, -0.2) is 78.5 Å². The number of azide groups is 1. The highest BCUT2D eigenvalue weighted by Crippen LogP contribution is 2.38. The Bertz CT molecular complexity index is 827. The molecule has 1 rings (SSSR count). The number of carbonyl (C=O) groups is 2. The molecule has 1 heterocycles. The van der Waals surface area contributed by atoms with Crippen molar-refractivity contribution < 1.29 is 49.0 Å². The molecule has 160 valence electrons. The molecule has 1 aliphatic heterocycles. The lowest BCUT2D eigenvalue weighted by molar-refractivity contribution is -0.210. The molecule has 0 aliphatic carbocycles. The fourth-order valence-corrected chi connectivity index (χ4v) is 3.13. The van der Waals surface area contributed by atoms with Crippen LogP contribution in [0.15, 0.2) is 5.11 Å². The molecule has 1 fully saturated rings. The molecule has 1 unspecified atom stereocenters. The van der Waals surface area contributed by atoms with Crippen LogP contribution in [-0.2, 0) is 52.4 Å². The standard InChI is InChI=1S/C12H19N3O11S2/c1-7(16)24-9-10(14-15-13)12(5-22-27(3,18)19,6-23-28(4,20)21)26-11(9)25-8(2)17/h9-11H,5-6H2,1-4H3/t9-,10+,11?/m1/s1. The van der Waals surface area contributed by atoms with Gasteiger partial charge in [-0.05, 0) is 5.53 Å². The van der Waals surface area contributed by atoms with E-state index in [1.54, 1.807) is 0 Å². The predicted octanol–water partition coefficient (Wildman–Crippen LogP) is -0.792. The average molecular weight is 445 g/mol. The van der Waals surface area contributed by atoms with Crippen molar-refractivity contribution in [1.29, 1.82) is 0 Å². The normalized spacial score (nSPS) is 24.2. The van der Waals surface area contributed by atoms with Crippen LogP contribution < -0.4 is 0 Å². The van der Waals surface area contributed by atoms with E-state index < -0.39 is 69.4 Å². The number of esters is 2. The van der Waals surface area contributed by atoms with Gasteiger partial charge in [0.25, 0.3) is 20.2 Å². The van der Waals surface area contributed by atoms with Crippen molar-refractivity contribution in [1.82, 2.24) is 0 Å². The number of nitrogens with zero attached hydrogens (tertiary/aromatic N) is 3. The second-order valence-corrected chi connectivity index (χ2v) is 9.10. The molecule has 0 N–H and O–H groups in total.